The Morgan fingerprint density at radius 1 is 1.36 bits per heavy atom. The van der Waals surface area contributed by atoms with Gasteiger partial charge in [0.05, 0.1) is 0 Å². The highest BCUT2D eigenvalue weighted by atomic mass is 16.1. The Balaban J connectivity index is 1.97. The van der Waals surface area contributed by atoms with Crippen LogP contribution in [-0.4, -0.2) is 5.78 Å². The number of hydrogen-bond acceptors (Lipinski definition) is 1. The molecule has 0 aliphatic heterocycles. The molecule has 0 aromatic rings. The van der Waals surface area contributed by atoms with Crippen molar-refractivity contribution in [3.63, 3.8) is 0 Å². The van der Waals surface area contributed by atoms with Crippen molar-refractivity contribution in [1.82, 2.24) is 0 Å². The molecule has 0 aromatic carbocycles. The van der Waals surface area contributed by atoms with Crippen LogP contribution in [0.25, 0.3) is 0 Å². The van der Waals surface area contributed by atoms with E-state index >= 15 is 0 Å². The van der Waals surface area contributed by atoms with Gasteiger partial charge in [-0.3, -0.25) is 0 Å². The van der Waals surface area contributed by atoms with Gasteiger partial charge in [-0.05, 0) is 49.9 Å². The first-order valence-electron chi connectivity index (χ1n) is 6.11. The van der Waals surface area contributed by atoms with Crippen molar-refractivity contribution in [3.05, 3.63) is 0 Å². The van der Waals surface area contributed by atoms with Gasteiger partial charge in [-0.1, -0.05) is 19.8 Å². The number of carbonyl (C=O) groups is 1. The van der Waals surface area contributed by atoms with Crippen LogP contribution in [0.4, 0.5) is 0 Å². The first kappa shape index (κ1) is 10.2. The average molecular weight is 194 g/mol. The summed E-state index contributed by atoms with van der Waals surface area (Å²) in [5.41, 5.74) is 0.507. The van der Waals surface area contributed by atoms with Gasteiger partial charge < -0.3 is 4.79 Å². The topological polar surface area (TPSA) is 17.1 Å². The Morgan fingerprint density at radius 3 is 2.86 bits per heavy atom. The minimum absolute atomic E-state index is 0.368. The van der Waals surface area contributed by atoms with E-state index in [9.17, 15) is 4.79 Å². The molecule has 0 unspecified atom stereocenters. The lowest BCUT2D eigenvalue weighted by Crippen LogP contribution is -2.23. The fraction of sp³-hybridized carbons (Fsp3) is 0.923. The van der Waals surface area contributed by atoms with Crippen LogP contribution in [0.15, 0.2) is 0 Å². The standard InChI is InChI=1S/C13H22O/c1-10(14)6-8-13(2)9-7-11-4-3-5-12(11)13/h11-12H,3-9H2,1-2H3/t11-,12-,13+/m1/s1. The molecule has 2 rings (SSSR count). The van der Waals surface area contributed by atoms with Crippen molar-refractivity contribution in [3.8, 4) is 0 Å². The Kier molecular flexibility index (Phi) is 2.68. The van der Waals surface area contributed by atoms with Crippen molar-refractivity contribution in [1.29, 1.82) is 0 Å². The summed E-state index contributed by atoms with van der Waals surface area (Å²) in [6.07, 6.45) is 9.07. The molecule has 14 heavy (non-hydrogen) atoms. The van der Waals surface area contributed by atoms with E-state index in [2.05, 4.69) is 6.92 Å². The van der Waals surface area contributed by atoms with Crippen molar-refractivity contribution in [2.45, 2.75) is 58.8 Å². The zero-order valence-electron chi connectivity index (χ0n) is 9.51. The third-order valence-electron chi connectivity index (χ3n) is 4.69. The Labute approximate surface area is 87.3 Å². The zero-order chi connectivity index (χ0) is 10.2. The van der Waals surface area contributed by atoms with Crippen LogP contribution in [0, 0.1) is 17.3 Å². The second-order valence-electron chi connectivity index (χ2n) is 5.69. The minimum Gasteiger partial charge on any atom is -0.300 e. The highest BCUT2D eigenvalue weighted by Crippen LogP contribution is 2.56. The van der Waals surface area contributed by atoms with Gasteiger partial charge in [0.25, 0.3) is 0 Å². The van der Waals surface area contributed by atoms with Crippen LogP contribution in [0.3, 0.4) is 0 Å². The molecule has 0 amide bonds. The minimum atomic E-state index is 0.368. The molecular weight excluding hydrogens is 172 g/mol. The van der Waals surface area contributed by atoms with E-state index in [0.717, 1.165) is 24.7 Å². The molecule has 0 bridgehead atoms. The fourth-order valence-electron chi connectivity index (χ4n) is 3.77. The molecule has 1 heteroatoms. The van der Waals surface area contributed by atoms with Crippen LogP contribution < -0.4 is 0 Å². The predicted octanol–water partition coefficient (Wildman–Crippen LogP) is 3.57. The Morgan fingerprint density at radius 2 is 2.14 bits per heavy atom. The molecule has 2 fully saturated rings. The van der Waals surface area contributed by atoms with E-state index in [1.54, 1.807) is 6.92 Å². The number of rotatable bonds is 3. The second kappa shape index (κ2) is 3.67. The molecule has 0 radical (unpaired) electrons. The van der Waals surface area contributed by atoms with E-state index in [0.29, 0.717) is 11.2 Å². The predicted molar refractivity (Wildman–Crippen MR) is 58.1 cm³/mol. The maximum absolute atomic E-state index is 11.0. The van der Waals surface area contributed by atoms with E-state index in [1.807, 2.05) is 0 Å². The molecule has 2 aliphatic carbocycles. The Bertz CT molecular complexity index is 233. The van der Waals surface area contributed by atoms with Crippen molar-refractivity contribution in [2.24, 2.45) is 17.3 Å². The van der Waals surface area contributed by atoms with Crippen molar-refractivity contribution >= 4 is 5.78 Å². The monoisotopic (exact) mass is 194 g/mol. The van der Waals surface area contributed by atoms with Gasteiger partial charge >= 0.3 is 0 Å². The number of Topliss-reactive ketones (excluding diaryl/α,β-unsaturated/α-hetero) is 1. The molecule has 0 N–H and O–H groups in total. The lowest BCUT2D eigenvalue weighted by Gasteiger charge is -2.31. The lowest BCUT2D eigenvalue weighted by molar-refractivity contribution is -0.117. The van der Waals surface area contributed by atoms with Crippen LogP contribution >= 0.6 is 0 Å². The fourth-order valence-corrected chi connectivity index (χ4v) is 3.77. The molecular formula is C13H22O. The van der Waals surface area contributed by atoms with Gasteiger partial charge in [-0.15, -0.1) is 0 Å². The summed E-state index contributed by atoms with van der Waals surface area (Å²) < 4.78 is 0. The molecule has 0 spiro atoms. The molecule has 0 heterocycles. The second-order valence-corrected chi connectivity index (χ2v) is 5.69. The van der Waals surface area contributed by atoms with Gasteiger partial charge in [0.1, 0.15) is 5.78 Å². The first-order valence-corrected chi connectivity index (χ1v) is 6.11. The third kappa shape index (κ3) is 1.74. The molecule has 2 aliphatic rings. The normalized spacial score (nSPS) is 41.3. The summed E-state index contributed by atoms with van der Waals surface area (Å²) in [6.45, 7) is 4.15. The molecule has 1 nitrogen and oxygen atoms in total. The largest absolute Gasteiger partial charge is 0.300 e. The molecule has 0 saturated heterocycles. The summed E-state index contributed by atoms with van der Waals surface area (Å²) in [7, 11) is 0. The van der Waals surface area contributed by atoms with Crippen LogP contribution in [-0.2, 0) is 4.79 Å². The molecule has 2 saturated carbocycles. The number of fused-ring (bicyclic) bond motifs is 1. The Hall–Kier alpha value is -0.330. The van der Waals surface area contributed by atoms with E-state index in [-0.39, 0.29) is 0 Å². The van der Waals surface area contributed by atoms with Crippen LogP contribution in [0.5, 0.6) is 0 Å². The average Bonchev–Trinajstić information content (AvgIpc) is 2.68. The maximum Gasteiger partial charge on any atom is 0.129 e. The zero-order valence-corrected chi connectivity index (χ0v) is 9.51. The highest BCUT2D eigenvalue weighted by Gasteiger charge is 2.46. The summed E-state index contributed by atoms with van der Waals surface area (Å²) in [5.74, 6) is 2.32. The lowest BCUT2D eigenvalue weighted by atomic mass is 9.74. The summed E-state index contributed by atoms with van der Waals surface area (Å²) in [5, 5.41) is 0. The molecule has 3 atom stereocenters. The molecule has 80 valence electrons. The van der Waals surface area contributed by atoms with E-state index in [1.165, 1.54) is 32.1 Å². The maximum atomic E-state index is 11.0. The summed E-state index contributed by atoms with van der Waals surface area (Å²) in [4.78, 5) is 11.0. The van der Waals surface area contributed by atoms with Gasteiger partial charge in [0.2, 0.25) is 0 Å². The first-order chi connectivity index (χ1) is 6.62. The van der Waals surface area contributed by atoms with E-state index in [4.69, 9.17) is 0 Å². The number of ketones is 1. The van der Waals surface area contributed by atoms with Gasteiger partial charge in [0, 0.05) is 6.42 Å². The smallest absolute Gasteiger partial charge is 0.129 e. The molecule has 0 aromatic heterocycles. The highest BCUT2D eigenvalue weighted by molar-refractivity contribution is 5.75. The van der Waals surface area contributed by atoms with E-state index < -0.39 is 0 Å². The van der Waals surface area contributed by atoms with Gasteiger partial charge in [0.15, 0.2) is 0 Å². The van der Waals surface area contributed by atoms with Crippen LogP contribution in [0.2, 0.25) is 0 Å². The van der Waals surface area contributed by atoms with Crippen molar-refractivity contribution < 1.29 is 4.79 Å². The van der Waals surface area contributed by atoms with Crippen molar-refractivity contribution in [2.75, 3.05) is 0 Å². The SMILES string of the molecule is CC(=O)CC[C@@]1(C)CC[C@H]2CCC[C@H]21. The summed E-state index contributed by atoms with van der Waals surface area (Å²) in [6, 6.07) is 0. The third-order valence-corrected chi connectivity index (χ3v) is 4.69. The van der Waals surface area contributed by atoms with Gasteiger partial charge in [-0.2, -0.15) is 0 Å². The number of carbonyl (C=O) groups excluding carboxylic acids is 1. The summed E-state index contributed by atoms with van der Waals surface area (Å²) >= 11 is 0. The quantitative estimate of drug-likeness (QED) is 0.671. The number of hydrogen-bond donors (Lipinski definition) is 0. The van der Waals surface area contributed by atoms with Crippen LogP contribution in [0.1, 0.15) is 58.8 Å². The van der Waals surface area contributed by atoms with Gasteiger partial charge in [-0.25, -0.2) is 0 Å².